The summed E-state index contributed by atoms with van der Waals surface area (Å²) in [4.78, 5) is 14.6. The summed E-state index contributed by atoms with van der Waals surface area (Å²) in [6.07, 6.45) is 0.841. The SMILES string of the molecule is COc1ccc2c(c1)N(C(=O)Nc1ccc(B3OC(C)(C)C(C)(C)O3)cc1)CC2. The number of urea groups is 1. The van der Waals surface area contributed by atoms with Gasteiger partial charge in [-0.1, -0.05) is 18.2 Å². The third-order valence-electron chi connectivity index (χ3n) is 6.12. The van der Waals surface area contributed by atoms with E-state index in [9.17, 15) is 4.79 Å². The van der Waals surface area contributed by atoms with Gasteiger partial charge in [-0.2, -0.15) is 0 Å². The minimum atomic E-state index is -0.414. The van der Waals surface area contributed by atoms with Crippen molar-refractivity contribution < 1.29 is 18.8 Å². The van der Waals surface area contributed by atoms with Crippen molar-refractivity contribution in [1.29, 1.82) is 0 Å². The number of fused-ring (bicyclic) bond motifs is 1. The molecule has 2 aromatic carbocycles. The van der Waals surface area contributed by atoms with Crippen molar-refractivity contribution in [1.82, 2.24) is 0 Å². The molecule has 2 aliphatic heterocycles. The molecule has 0 radical (unpaired) electrons. The van der Waals surface area contributed by atoms with Crippen molar-refractivity contribution in [3.05, 3.63) is 48.0 Å². The van der Waals surface area contributed by atoms with E-state index in [-0.39, 0.29) is 17.2 Å². The molecule has 2 aromatic rings. The number of amides is 2. The van der Waals surface area contributed by atoms with Gasteiger partial charge in [-0.25, -0.2) is 4.79 Å². The van der Waals surface area contributed by atoms with Gasteiger partial charge < -0.3 is 19.4 Å². The quantitative estimate of drug-likeness (QED) is 0.809. The van der Waals surface area contributed by atoms with Gasteiger partial charge in [-0.3, -0.25) is 4.90 Å². The highest BCUT2D eigenvalue weighted by molar-refractivity contribution is 6.62. The first-order chi connectivity index (χ1) is 13.7. The molecule has 0 aliphatic carbocycles. The van der Waals surface area contributed by atoms with Crippen LogP contribution in [0.3, 0.4) is 0 Å². The molecule has 29 heavy (non-hydrogen) atoms. The predicted octanol–water partition coefficient (Wildman–Crippen LogP) is 3.59. The van der Waals surface area contributed by atoms with Crippen molar-refractivity contribution in [3.8, 4) is 5.75 Å². The van der Waals surface area contributed by atoms with Gasteiger partial charge in [0.2, 0.25) is 0 Å². The summed E-state index contributed by atoms with van der Waals surface area (Å²) in [5.41, 5.74) is 2.95. The van der Waals surface area contributed by atoms with Crippen molar-refractivity contribution in [2.75, 3.05) is 23.9 Å². The number of anilines is 2. The van der Waals surface area contributed by atoms with E-state index in [1.165, 1.54) is 0 Å². The zero-order chi connectivity index (χ0) is 20.8. The molecular weight excluding hydrogens is 367 g/mol. The maximum atomic E-state index is 12.8. The Kier molecular flexibility index (Phi) is 4.83. The van der Waals surface area contributed by atoms with Gasteiger partial charge in [-0.05, 0) is 63.3 Å². The zero-order valence-electron chi connectivity index (χ0n) is 17.6. The van der Waals surface area contributed by atoms with E-state index >= 15 is 0 Å². The first-order valence-corrected chi connectivity index (χ1v) is 9.91. The first kappa shape index (κ1) is 19.8. The Labute approximate surface area is 172 Å². The van der Waals surface area contributed by atoms with E-state index in [4.69, 9.17) is 14.0 Å². The third-order valence-corrected chi connectivity index (χ3v) is 6.12. The van der Waals surface area contributed by atoms with Crippen LogP contribution in [-0.2, 0) is 15.7 Å². The van der Waals surface area contributed by atoms with E-state index in [1.54, 1.807) is 12.0 Å². The van der Waals surface area contributed by atoms with Crippen molar-refractivity contribution in [2.24, 2.45) is 0 Å². The Morgan fingerprint density at radius 2 is 1.72 bits per heavy atom. The van der Waals surface area contributed by atoms with Crippen LogP contribution in [0.1, 0.15) is 33.3 Å². The van der Waals surface area contributed by atoms with E-state index in [0.29, 0.717) is 6.54 Å². The summed E-state index contributed by atoms with van der Waals surface area (Å²) in [5.74, 6) is 0.746. The Bertz CT molecular complexity index is 911. The van der Waals surface area contributed by atoms with Gasteiger partial charge in [-0.15, -0.1) is 0 Å². The molecule has 1 fully saturated rings. The summed E-state index contributed by atoms with van der Waals surface area (Å²) in [7, 11) is 1.21. The molecule has 7 heteroatoms. The molecule has 0 bridgehead atoms. The van der Waals surface area contributed by atoms with Crippen LogP contribution in [-0.4, -0.2) is 38.0 Å². The average Bonchev–Trinajstić information content (AvgIpc) is 3.19. The fourth-order valence-electron chi connectivity index (χ4n) is 3.59. The van der Waals surface area contributed by atoms with Crippen LogP contribution in [0, 0.1) is 0 Å². The van der Waals surface area contributed by atoms with E-state index in [0.717, 1.165) is 34.6 Å². The lowest BCUT2D eigenvalue weighted by Crippen LogP contribution is -2.41. The monoisotopic (exact) mass is 394 g/mol. The Morgan fingerprint density at radius 1 is 1.07 bits per heavy atom. The highest BCUT2D eigenvalue weighted by Gasteiger charge is 2.51. The number of nitrogens with one attached hydrogen (secondary N) is 1. The van der Waals surface area contributed by atoms with Gasteiger partial charge in [0.15, 0.2) is 0 Å². The van der Waals surface area contributed by atoms with Crippen LogP contribution < -0.4 is 20.4 Å². The molecule has 2 heterocycles. The highest BCUT2D eigenvalue weighted by Crippen LogP contribution is 2.36. The van der Waals surface area contributed by atoms with Crippen LogP contribution in [0.4, 0.5) is 16.2 Å². The smallest absolute Gasteiger partial charge is 0.494 e. The van der Waals surface area contributed by atoms with E-state index in [2.05, 4.69) is 5.32 Å². The molecule has 4 rings (SSSR count). The molecule has 0 aromatic heterocycles. The number of benzene rings is 2. The van der Waals surface area contributed by atoms with Crippen LogP contribution in [0.2, 0.25) is 0 Å². The molecule has 1 saturated heterocycles. The van der Waals surface area contributed by atoms with Crippen molar-refractivity contribution >= 4 is 30.0 Å². The second-order valence-corrected chi connectivity index (χ2v) is 8.54. The zero-order valence-corrected chi connectivity index (χ0v) is 17.6. The van der Waals surface area contributed by atoms with Gasteiger partial charge in [0, 0.05) is 18.3 Å². The lowest BCUT2D eigenvalue weighted by molar-refractivity contribution is 0.00578. The first-order valence-electron chi connectivity index (χ1n) is 9.91. The van der Waals surface area contributed by atoms with Crippen LogP contribution >= 0.6 is 0 Å². The normalized spacial score (nSPS) is 19.2. The van der Waals surface area contributed by atoms with Crippen molar-refractivity contribution in [2.45, 2.75) is 45.3 Å². The number of ether oxygens (including phenoxy) is 1. The van der Waals surface area contributed by atoms with Crippen LogP contribution in [0.5, 0.6) is 5.75 Å². The van der Waals surface area contributed by atoms with Gasteiger partial charge in [0.1, 0.15) is 5.75 Å². The molecular formula is C22H27BN2O4. The summed E-state index contributed by atoms with van der Waals surface area (Å²) >= 11 is 0. The summed E-state index contributed by atoms with van der Waals surface area (Å²) in [6.45, 7) is 8.78. The number of hydrogen-bond acceptors (Lipinski definition) is 4. The van der Waals surface area contributed by atoms with Crippen LogP contribution in [0.25, 0.3) is 0 Å². The maximum absolute atomic E-state index is 12.8. The second-order valence-electron chi connectivity index (χ2n) is 8.54. The summed E-state index contributed by atoms with van der Waals surface area (Å²) in [6, 6.07) is 13.3. The number of rotatable bonds is 3. The molecule has 0 spiro atoms. The Balaban J connectivity index is 1.45. The lowest BCUT2D eigenvalue weighted by atomic mass is 9.79. The highest BCUT2D eigenvalue weighted by atomic mass is 16.7. The Hall–Kier alpha value is -2.51. The molecule has 1 N–H and O–H groups in total. The Morgan fingerprint density at radius 3 is 2.34 bits per heavy atom. The third kappa shape index (κ3) is 3.60. The number of hydrogen-bond donors (Lipinski definition) is 1. The fraction of sp³-hybridized carbons (Fsp3) is 0.409. The minimum Gasteiger partial charge on any atom is -0.497 e. The van der Waals surface area contributed by atoms with E-state index in [1.807, 2.05) is 70.2 Å². The molecule has 0 unspecified atom stereocenters. The van der Waals surface area contributed by atoms with Gasteiger partial charge in [0.05, 0.1) is 24.0 Å². The van der Waals surface area contributed by atoms with Gasteiger partial charge in [0.25, 0.3) is 0 Å². The summed E-state index contributed by atoms with van der Waals surface area (Å²) in [5, 5.41) is 2.98. The second kappa shape index (κ2) is 7.08. The standard InChI is InChI=1S/C22H27BN2O4/c1-21(2)22(3,4)29-23(28-21)16-7-9-17(10-8-16)24-20(26)25-13-12-15-6-11-18(27-5)14-19(15)25/h6-11,14H,12-13H2,1-5H3,(H,24,26). The number of nitrogens with zero attached hydrogens (tertiary/aromatic N) is 1. The lowest BCUT2D eigenvalue weighted by Gasteiger charge is -2.32. The van der Waals surface area contributed by atoms with Crippen LogP contribution in [0.15, 0.2) is 42.5 Å². The number of carbonyl (C=O) groups is 1. The average molecular weight is 394 g/mol. The largest absolute Gasteiger partial charge is 0.497 e. The molecule has 2 aliphatic rings. The van der Waals surface area contributed by atoms with E-state index < -0.39 is 7.12 Å². The molecule has 0 atom stereocenters. The minimum absolute atomic E-state index is 0.152. The molecule has 6 nitrogen and oxygen atoms in total. The molecule has 2 amide bonds. The molecule has 152 valence electrons. The maximum Gasteiger partial charge on any atom is 0.494 e. The summed E-state index contributed by atoms with van der Waals surface area (Å²) < 4.78 is 17.5. The number of methoxy groups -OCH3 is 1. The fourth-order valence-corrected chi connectivity index (χ4v) is 3.59. The van der Waals surface area contributed by atoms with Crippen molar-refractivity contribution in [3.63, 3.8) is 0 Å². The molecule has 0 saturated carbocycles. The van der Waals surface area contributed by atoms with Gasteiger partial charge >= 0.3 is 13.1 Å². The predicted molar refractivity (Wildman–Crippen MR) is 115 cm³/mol. The topological polar surface area (TPSA) is 60.0 Å². The number of carbonyl (C=O) groups excluding carboxylic acids is 1.